The molecule has 0 radical (unpaired) electrons. The Balaban J connectivity index is 2.66. The summed E-state index contributed by atoms with van der Waals surface area (Å²) < 4.78 is 26.7. The molecular formula is C23H27NO11. The van der Waals surface area contributed by atoms with Crippen LogP contribution in [-0.2, 0) is 47.7 Å². The molecule has 0 aromatic heterocycles. The first-order valence-electron chi connectivity index (χ1n) is 10.6. The highest BCUT2D eigenvalue weighted by molar-refractivity contribution is 6.04. The van der Waals surface area contributed by atoms with Gasteiger partial charge in [-0.2, -0.15) is 0 Å². The van der Waals surface area contributed by atoms with Gasteiger partial charge in [-0.3, -0.25) is 33.7 Å². The van der Waals surface area contributed by atoms with Gasteiger partial charge in [0.2, 0.25) is 12.2 Å². The number of amides is 2. The number of rotatable bonds is 7. The monoisotopic (exact) mass is 493 g/mol. The normalized spacial score (nSPS) is 23.4. The van der Waals surface area contributed by atoms with Crippen molar-refractivity contribution in [3.05, 3.63) is 35.9 Å². The van der Waals surface area contributed by atoms with E-state index in [1.54, 1.807) is 18.2 Å². The number of carbonyl (C=O) groups is 6. The third-order valence-corrected chi connectivity index (χ3v) is 4.83. The van der Waals surface area contributed by atoms with Crippen molar-refractivity contribution >= 4 is 35.7 Å². The molecular weight excluding hydrogens is 466 g/mol. The van der Waals surface area contributed by atoms with Crippen LogP contribution in [0.15, 0.2) is 30.3 Å². The van der Waals surface area contributed by atoms with Gasteiger partial charge >= 0.3 is 23.9 Å². The van der Waals surface area contributed by atoms with Gasteiger partial charge in [0.25, 0.3) is 5.91 Å². The minimum atomic E-state index is -1.65. The van der Waals surface area contributed by atoms with Gasteiger partial charge in [-0.25, -0.2) is 0 Å². The summed E-state index contributed by atoms with van der Waals surface area (Å²) >= 11 is 0. The summed E-state index contributed by atoms with van der Waals surface area (Å²) in [4.78, 5) is 74.0. The predicted molar refractivity (Wildman–Crippen MR) is 115 cm³/mol. The van der Waals surface area contributed by atoms with Crippen molar-refractivity contribution in [3.8, 4) is 0 Å². The van der Waals surface area contributed by atoms with Gasteiger partial charge in [0, 0.05) is 40.2 Å². The summed E-state index contributed by atoms with van der Waals surface area (Å²) in [5.41, 5.74) is 0.108. The third kappa shape index (κ3) is 7.34. The second-order valence-electron chi connectivity index (χ2n) is 7.65. The summed E-state index contributed by atoms with van der Waals surface area (Å²) in [5, 5.41) is 0. The number of carbonyl (C=O) groups excluding carboxylic acids is 6. The van der Waals surface area contributed by atoms with E-state index < -0.39 is 72.9 Å². The molecule has 12 nitrogen and oxygen atoms in total. The van der Waals surface area contributed by atoms with Gasteiger partial charge < -0.3 is 23.7 Å². The Morgan fingerprint density at radius 1 is 0.771 bits per heavy atom. The molecule has 12 heteroatoms. The molecule has 1 saturated heterocycles. The smallest absolute Gasteiger partial charge is 0.305 e. The maximum atomic E-state index is 13.4. The summed E-state index contributed by atoms with van der Waals surface area (Å²) in [6.07, 6.45) is -5.89. The predicted octanol–water partition coefficient (Wildman–Crippen LogP) is 0.758. The molecule has 35 heavy (non-hydrogen) atoms. The van der Waals surface area contributed by atoms with Crippen LogP contribution in [0.2, 0.25) is 0 Å². The fourth-order valence-corrected chi connectivity index (χ4v) is 3.63. The number of hydrogen-bond donors (Lipinski definition) is 0. The molecule has 2 amide bonds. The molecule has 0 N–H and O–H groups in total. The fourth-order valence-electron chi connectivity index (χ4n) is 3.63. The van der Waals surface area contributed by atoms with E-state index in [-0.39, 0.29) is 5.56 Å². The van der Waals surface area contributed by atoms with Crippen molar-refractivity contribution < 1.29 is 52.5 Å². The molecule has 1 fully saturated rings. The van der Waals surface area contributed by atoms with Crippen molar-refractivity contribution in [2.45, 2.75) is 65.3 Å². The zero-order chi connectivity index (χ0) is 26.3. The van der Waals surface area contributed by atoms with Crippen LogP contribution >= 0.6 is 0 Å². The van der Waals surface area contributed by atoms with E-state index in [4.69, 9.17) is 23.7 Å². The van der Waals surface area contributed by atoms with Crippen LogP contribution in [0.4, 0.5) is 0 Å². The van der Waals surface area contributed by atoms with Crippen molar-refractivity contribution in [1.82, 2.24) is 4.90 Å². The summed E-state index contributed by atoms with van der Waals surface area (Å²) in [6, 6.07) is 6.18. The van der Waals surface area contributed by atoms with E-state index in [9.17, 15) is 28.8 Å². The van der Waals surface area contributed by atoms with Gasteiger partial charge in [-0.05, 0) is 12.1 Å². The van der Waals surface area contributed by atoms with Crippen LogP contribution in [0, 0.1) is 0 Å². The van der Waals surface area contributed by atoms with Gasteiger partial charge in [0.1, 0.15) is 18.8 Å². The Morgan fingerprint density at radius 3 is 1.80 bits per heavy atom. The third-order valence-electron chi connectivity index (χ3n) is 4.83. The van der Waals surface area contributed by atoms with E-state index in [0.717, 1.165) is 39.5 Å². The van der Waals surface area contributed by atoms with E-state index >= 15 is 0 Å². The highest BCUT2D eigenvalue weighted by Gasteiger charge is 2.55. The standard InChI is InChI=1S/C23H27NO11/c1-12(25)24(22(30)17-9-7-6-8-10-17)19-21(33-15(4)28)20(32-14(3)27)18(11-31-13(2)26)35-23(19)34-16(5)29/h6-10,18-21,23H,11H2,1-5H3/t18-,19-,20-,21-,23-/m1/s1. The van der Waals surface area contributed by atoms with Crippen LogP contribution in [-0.4, -0.2) is 77.8 Å². The molecule has 1 aliphatic rings. The molecule has 1 aromatic rings. The molecule has 1 aromatic carbocycles. The van der Waals surface area contributed by atoms with Crippen LogP contribution in [0.1, 0.15) is 45.0 Å². The van der Waals surface area contributed by atoms with Crippen molar-refractivity contribution in [3.63, 3.8) is 0 Å². The van der Waals surface area contributed by atoms with Gasteiger partial charge in [0.05, 0.1) is 0 Å². The van der Waals surface area contributed by atoms with Gasteiger partial charge in [0.15, 0.2) is 12.2 Å². The lowest BCUT2D eigenvalue weighted by Gasteiger charge is -2.47. The number of esters is 4. The molecule has 1 aliphatic heterocycles. The summed E-state index contributed by atoms with van der Waals surface area (Å²) in [5.74, 6) is -4.77. The number of ether oxygens (including phenoxy) is 5. The molecule has 0 unspecified atom stereocenters. The summed E-state index contributed by atoms with van der Waals surface area (Å²) in [6.45, 7) is 4.97. The van der Waals surface area contributed by atoms with Crippen molar-refractivity contribution in [2.24, 2.45) is 0 Å². The number of nitrogens with zero attached hydrogens (tertiary/aromatic N) is 1. The average molecular weight is 493 g/mol. The maximum Gasteiger partial charge on any atom is 0.305 e. The number of benzene rings is 1. The molecule has 5 atom stereocenters. The number of hydrogen-bond acceptors (Lipinski definition) is 11. The quantitative estimate of drug-likeness (QED) is 0.391. The first-order valence-corrected chi connectivity index (χ1v) is 10.6. The maximum absolute atomic E-state index is 13.4. The molecule has 190 valence electrons. The van der Waals surface area contributed by atoms with Crippen LogP contribution in [0.25, 0.3) is 0 Å². The summed E-state index contributed by atoms with van der Waals surface area (Å²) in [7, 11) is 0. The molecule has 1 heterocycles. The Hall–Kier alpha value is -3.80. The molecule has 0 bridgehead atoms. The highest BCUT2D eigenvalue weighted by Crippen LogP contribution is 2.32. The molecule has 0 spiro atoms. The SMILES string of the molecule is CC(=O)OC[C@H]1O[C@@H](OC(C)=O)[C@H](N(C(C)=O)C(=O)c2ccccc2)[C@@H](OC(C)=O)[C@@H]1OC(C)=O. The average Bonchev–Trinajstić information content (AvgIpc) is 2.75. The van der Waals surface area contributed by atoms with Crippen LogP contribution in [0.3, 0.4) is 0 Å². The molecule has 0 saturated carbocycles. The second-order valence-corrected chi connectivity index (χ2v) is 7.65. The second kappa shape index (κ2) is 12.1. The topological polar surface area (TPSA) is 152 Å². The lowest BCUT2D eigenvalue weighted by atomic mass is 9.94. The largest absolute Gasteiger partial charge is 0.463 e. The Labute approximate surface area is 201 Å². The number of imide groups is 1. The van der Waals surface area contributed by atoms with E-state index in [1.165, 1.54) is 12.1 Å². The van der Waals surface area contributed by atoms with E-state index in [0.29, 0.717) is 0 Å². The first-order chi connectivity index (χ1) is 16.4. The fraction of sp³-hybridized carbons (Fsp3) is 0.478. The van der Waals surface area contributed by atoms with Crippen molar-refractivity contribution in [1.29, 1.82) is 0 Å². The van der Waals surface area contributed by atoms with Crippen LogP contribution in [0.5, 0.6) is 0 Å². The van der Waals surface area contributed by atoms with E-state index in [1.807, 2.05) is 0 Å². The lowest BCUT2D eigenvalue weighted by molar-refractivity contribution is -0.280. The zero-order valence-corrected chi connectivity index (χ0v) is 19.9. The van der Waals surface area contributed by atoms with Crippen LogP contribution < -0.4 is 0 Å². The molecule has 0 aliphatic carbocycles. The minimum absolute atomic E-state index is 0.108. The Kier molecular flexibility index (Phi) is 9.46. The zero-order valence-electron chi connectivity index (χ0n) is 19.9. The Morgan fingerprint density at radius 2 is 1.31 bits per heavy atom. The lowest BCUT2D eigenvalue weighted by Crippen LogP contribution is -2.68. The van der Waals surface area contributed by atoms with E-state index in [2.05, 4.69) is 0 Å². The highest BCUT2D eigenvalue weighted by atomic mass is 16.7. The Bertz CT molecular complexity index is 977. The van der Waals surface area contributed by atoms with Gasteiger partial charge in [-0.15, -0.1) is 0 Å². The molecule has 2 rings (SSSR count). The van der Waals surface area contributed by atoms with Gasteiger partial charge in [-0.1, -0.05) is 18.2 Å². The van der Waals surface area contributed by atoms with Crippen molar-refractivity contribution in [2.75, 3.05) is 6.61 Å². The first kappa shape index (κ1) is 27.4. The minimum Gasteiger partial charge on any atom is -0.463 e.